The van der Waals surface area contributed by atoms with Crippen molar-refractivity contribution in [1.29, 1.82) is 0 Å². The molecule has 124 valence electrons. The van der Waals surface area contributed by atoms with E-state index < -0.39 is 0 Å². The summed E-state index contributed by atoms with van der Waals surface area (Å²) in [6.45, 7) is 5.46. The van der Waals surface area contributed by atoms with Gasteiger partial charge in [-0.3, -0.25) is 0 Å². The minimum absolute atomic E-state index is 0.660. The molecule has 0 aliphatic heterocycles. The average molecular weight is 311 g/mol. The van der Waals surface area contributed by atoms with Crippen molar-refractivity contribution in [1.82, 2.24) is 5.32 Å². The number of aryl methyl sites for hydroxylation is 1. The van der Waals surface area contributed by atoms with Gasteiger partial charge in [0.25, 0.3) is 0 Å². The Balaban J connectivity index is 1.80. The summed E-state index contributed by atoms with van der Waals surface area (Å²) >= 11 is 0. The molecule has 1 fully saturated rings. The smallest absolute Gasteiger partial charge is 0.125 e. The fraction of sp³-hybridized carbons (Fsp3) is 0.524. The minimum Gasteiger partial charge on any atom is -0.496 e. The largest absolute Gasteiger partial charge is 0.496 e. The number of ether oxygens (including phenoxy) is 1. The van der Waals surface area contributed by atoms with Gasteiger partial charge in [-0.1, -0.05) is 31.2 Å². The van der Waals surface area contributed by atoms with Gasteiger partial charge in [-0.05, 0) is 74.3 Å². The summed E-state index contributed by atoms with van der Waals surface area (Å²) in [5.74, 6) is 1.12. The van der Waals surface area contributed by atoms with E-state index in [-0.39, 0.29) is 0 Å². The van der Waals surface area contributed by atoms with E-state index in [4.69, 9.17) is 4.74 Å². The topological polar surface area (TPSA) is 21.3 Å². The van der Waals surface area contributed by atoms with Gasteiger partial charge >= 0.3 is 0 Å². The van der Waals surface area contributed by atoms with Crippen molar-refractivity contribution in [2.45, 2.75) is 58.4 Å². The van der Waals surface area contributed by atoms with E-state index >= 15 is 0 Å². The molecule has 0 saturated heterocycles. The highest BCUT2D eigenvalue weighted by Crippen LogP contribution is 2.36. The molecule has 1 unspecified atom stereocenters. The van der Waals surface area contributed by atoms with Crippen molar-refractivity contribution in [3.63, 3.8) is 0 Å². The summed E-state index contributed by atoms with van der Waals surface area (Å²) in [5.41, 5.74) is 6.97. The molecule has 0 heterocycles. The number of rotatable bonds is 5. The van der Waals surface area contributed by atoms with Crippen molar-refractivity contribution in [3.05, 3.63) is 46.5 Å². The van der Waals surface area contributed by atoms with Crippen molar-refractivity contribution in [3.8, 4) is 0 Å². The summed E-state index contributed by atoms with van der Waals surface area (Å²) in [7, 11) is 1.80. The first kappa shape index (κ1) is 16.3. The molecule has 2 nitrogen and oxygen atoms in total. The Labute approximate surface area is 140 Å². The van der Waals surface area contributed by atoms with Crippen molar-refractivity contribution in [2.75, 3.05) is 13.7 Å². The summed E-state index contributed by atoms with van der Waals surface area (Å²) in [5, 5.41) is 3.56. The highest BCUT2D eigenvalue weighted by Gasteiger charge is 2.19. The molecular formula is C21H29NO. The average Bonchev–Trinajstić information content (AvgIpc) is 2.52. The number of allylic oxidation sites excluding steroid dienone is 2. The Morgan fingerprint density at radius 2 is 2.09 bits per heavy atom. The summed E-state index contributed by atoms with van der Waals surface area (Å²) in [4.78, 5) is 0. The fourth-order valence-electron chi connectivity index (χ4n) is 3.71. The molecule has 1 aromatic rings. The molecule has 0 spiro atoms. The van der Waals surface area contributed by atoms with Gasteiger partial charge in [-0.2, -0.15) is 0 Å². The first-order valence-corrected chi connectivity index (χ1v) is 9.02. The van der Waals surface area contributed by atoms with Crippen LogP contribution < -0.4 is 5.32 Å². The van der Waals surface area contributed by atoms with E-state index in [1.54, 1.807) is 7.11 Å². The van der Waals surface area contributed by atoms with Gasteiger partial charge in [0.15, 0.2) is 0 Å². The molecule has 0 radical (unpaired) electrons. The number of methoxy groups -OCH3 is 1. The lowest BCUT2D eigenvalue weighted by Gasteiger charge is -2.24. The molecule has 0 amide bonds. The molecule has 23 heavy (non-hydrogen) atoms. The van der Waals surface area contributed by atoms with Crippen LogP contribution in [0, 0.1) is 6.92 Å². The maximum Gasteiger partial charge on any atom is 0.125 e. The van der Waals surface area contributed by atoms with Crippen LogP contribution >= 0.6 is 0 Å². The fourth-order valence-corrected chi connectivity index (χ4v) is 3.71. The zero-order valence-electron chi connectivity index (χ0n) is 14.7. The first-order chi connectivity index (χ1) is 11.2. The van der Waals surface area contributed by atoms with Crippen molar-refractivity contribution >= 4 is 11.3 Å². The molecule has 1 atom stereocenters. The second-order valence-electron chi connectivity index (χ2n) is 6.78. The van der Waals surface area contributed by atoms with Crippen LogP contribution in [0.2, 0.25) is 0 Å². The molecule has 2 aliphatic carbocycles. The van der Waals surface area contributed by atoms with Gasteiger partial charge in [-0.15, -0.1) is 0 Å². The Hall–Kier alpha value is -1.54. The van der Waals surface area contributed by atoms with Gasteiger partial charge in [0.05, 0.1) is 7.11 Å². The molecule has 3 rings (SSSR count). The van der Waals surface area contributed by atoms with E-state index in [0.717, 1.165) is 18.7 Å². The highest BCUT2D eigenvalue weighted by molar-refractivity contribution is 5.72. The van der Waals surface area contributed by atoms with E-state index in [2.05, 4.69) is 43.4 Å². The van der Waals surface area contributed by atoms with Crippen LogP contribution in [-0.4, -0.2) is 19.7 Å². The Morgan fingerprint density at radius 3 is 2.61 bits per heavy atom. The summed E-state index contributed by atoms with van der Waals surface area (Å²) < 4.78 is 5.70. The Morgan fingerprint density at radius 1 is 1.26 bits per heavy atom. The van der Waals surface area contributed by atoms with Gasteiger partial charge in [0, 0.05) is 11.6 Å². The van der Waals surface area contributed by atoms with Crippen LogP contribution in [0.3, 0.4) is 0 Å². The molecule has 0 aromatic heterocycles. The van der Waals surface area contributed by atoms with Gasteiger partial charge in [0.2, 0.25) is 0 Å². The zero-order chi connectivity index (χ0) is 16.2. The Bertz CT molecular complexity index is 621. The monoisotopic (exact) mass is 311 g/mol. The zero-order valence-corrected chi connectivity index (χ0v) is 14.7. The maximum atomic E-state index is 5.70. The summed E-state index contributed by atoms with van der Waals surface area (Å²) in [6, 6.07) is 7.53. The first-order valence-electron chi connectivity index (χ1n) is 9.02. The normalized spacial score (nSPS) is 20.7. The Kier molecular flexibility index (Phi) is 5.22. The van der Waals surface area contributed by atoms with Crippen LogP contribution in [0.4, 0.5) is 0 Å². The third-order valence-electron chi connectivity index (χ3n) is 5.23. The molecule has 1 saturated carbocycles. The van der Waals surface area contributed by atoms with E-state index in [9.17, 15) is 0 Å². The molecule has 1 N–H and O–H groups in total. The van der Waals surface area contributed by atoms with Crippen molar-refractivity contribution < 1.29 is 4.74 Å². The van der Waals surface area contributed by atoms with Gasteiger partial charge < -0.3 is 10.1 Å². The van der Waals surface area contributed by atoms with Crippen LogP contribution in [0.15, 0.2) is 29.8 Å². The number of nitrogens with one attached hydrogen (secondary N) is 1. The van der Waals surface area contributed by atoms with E-state index in [0.29, 0.717) is 6.04 Å². The van der Waals surface area contributed by atoms with Crippen LogP contribution in [0.1, 0.15) is 62.1 Å². The molecule has 2 aliphatic rings. The number of benzene rings is 1. The predicted octanol–water partition coefficient (Wildman–Crippen LogP) is 5.08. The van der Waals surface area contributed by atoms with Gasteiger partial charge in [0.1, 0.15) is 5.76 Å². The standard InChI is InChI=1S/C21H29NO/c1-4-22-19-11-8-16(9-12-19)18-10-13-20(15(2)14-18)21(23-3)17-6-5-7-17/h8,10,13-14,19,22H,4-7,9,11-12H2,1-3H3. The lowest BCUT2D eigenvalue weighted by molar-refractivity contribution is 0.359. The molecule has 1 aromatic carbocycles. The van der Waals surface area contributed by atoms with Crippen molar-refractivity contribution in [2.24, 2.45) is 0 Å². The third kappa shape index (κ3) is 3.53. The summed E-state index contributed by atoms with van der Waals surface area (Å²) in [6.07, 6.45) is 9.69. The molecule has 0 bridgehead atoms. The van der Waals surface area contributed by atoms with Gasteiger partial charge in [-0.25, -0.2) is 0 Å². The SMILES string of the molecule is CCNC1CC=C(c2ccc(C(OC)=C3CCC3)c(C)c2)CC1. The lowest BCUT2D eigenvalue weighted by atomic mass is 9.86. The lowest BCUT2D eigenvalue weighted by Crippen LogP contribution is -2.29. The second-order valence-corrected chi connectivity index (χ2v) is 6.78. The number of hydrogen-bond acceptors (Lipinski definition) is 2. The van der Waals surface area contributed by atoms with Crippen LogP contribution in [0.5, 0.6) is 0 Å². The van der Waals surface area contributed by atoms with E-state index in [1.165, 1.54) is 59.9 Å². The second kappa shape index (κ2) is 7.35. The third-order valence-corrected chi connectivity index (χ3v) is 5.23. The minimum atomic E-state index is 0.660. The quantitative estimate of drug-likeness (QED) is 0.765. The predicted molar refractivity (Wildman–Crippen MR) is 98.3 cm³/mol. The molecular weight excluding hydrogens is 282 g/mol. The van der Waals surface area contributed by atoms with Crippen LogP contribution in [0.25, 0.3) is 11.3 Å². The highest BCUT2D eigenvalue weighted by atomic mass is 16.5. The van der Waals surface area contributed by atoms with E-state index in [1.807, 2.05) is 0 Å². The number of hydrogen-bond donors (Lipinski definition) is 1. The maximum absolute atomic E-state index is 5.70. The molecule has 2 heteroatoms. The van der Waals surface area contributed by atoms with Crippen LogP contribution in [-0.2, 0) is 4.74 Å².